The Morgan fingerprint density at radius 1 is 0.914 bits per heavy atom. The number of anilines is 2. The van der Waals surface area contributed by atoms with E-state index in [0.717, 1.165) is 18.2 Å². The van der Waals surface area contributed by atoms with E-state index in [2.05, 4.69) is 10.9 Å². The maximum absolute atomic E-state index is 13.1. The Balaban J connectivity index is 1.67. The van der Waals surface area contributed by atoms with Gasteiger partial charge in [0.15, 0.2) is 5.76 Å². The predicted molar refractivity (Wildman–Crippen MR) is 124 cm³/mol. The zero-order valence-corrected chi connectivity index (χ0v) is 17.8. The largest absolute Gasteiger partial charge is 0.503 e. The third kappa shape index (κ3) is 4.35. The Bertz CT molecular complexity index is 1360. The number of nitro groups is 2. The number of carbonyl (C=O) groups excluding carboxylic acids is 2. The van der Waals surface area contributed by atoms with Gasteiger partial charge in [-0.05, 0) is 23.8 Å². The Kier molecular flexibility index (Phi) is 6.10. The molecule has 1 heterocycles. The quantitative estimate of drug-likeness (QED) is 0.344. The topological polar surface area (TPSA) is 168 Å². The van der Waals surface area contributed by atoms with Crippen LogP contribution in [0.4, 0.5) is 22.7 Å². The van der Waals surface area contributed by atoms with Gasteiger partial charge in [0.2, 0.25) is 0 Å². The summed E-state index contributed by atoms with van der Waals surface area (Å²) < 4.78 is 0. The van der Waals surface area contributed by atoms with Gasteiger partial charge < -0.3 is 5.11 Å². The van der Waals surface area contributed by atoms with Crippen LogP contribution in [0.3, 0.4) is 0 Å². The molecule has 1 aliphatic rings. The molecule has 3 aromatic carbocycles. The standard InChI is InChI=1S/C23H17N5O7/c29-21-19(22(30)25-24-17-12-11-16(27(32)33)13-18(17)28(34)35)20(14-7-3-1-4-8-14)26(23(21)31)15-9-5-2-6-10-15/h1-13,20,24,29H,(H,25,30)/t20-/m0/s1. The lowest BCUT2D eigenvalue weighted by Gasteiger charge is -2.27. The average molecular weight is 475 g/mol. The number of nitrogens with zero attached hydrogens (tertiary/aromatic N) is 3. The Labute approximate surface area is 197 Å². The first-order chi connectivity index (χ1) is 16.8. The molecule has 0 aromatic heterocycles. The van der Waals surface area contributed by atoms with E-state index < -0.39 is 44.8 Å². The molecule has 3 N–H and O–H groups in total. The monoisotopic (exact) mass is 475 g/mol. The number of nitrogens with one attached hydrogen (secondary N) is 2. The van der Waals surface area contributed by atoms with E-state index >= 15 is 0 Å². The molecular formula is C23H17N5O7. The van der Waals surface area contributed by atoms with Crippen LogP contribution in [0.5, 0.6) is 0 Å². The fraction of sp³-hybridized carbons (Fsp3) is 0.0435. The molecule has 0 bridgehead atoms. The van der Waals surface area contributed by atoms with Crippen molar-refractivity contribution < 1.29 is 24.5 Å². The number of hydrazine groups is 1. The van der Waals surface area contributed by atoms with E-state index in [-0.39, 0.29) is 11.3 Å². The summed E-state index contributed by atoms with van der Waals surface area (Å²) in [6, 6.07) is 18.9. The van der Waals surface area contributed by atoms with E-state index in [0.29, 0.717) is 11.3 Å². The minimum Gasteiger partial charge on any atom is -0.503 e. The second-order valence-electron chi connectivity index (χ2n) is 7.38. The first-order valence-corrected chi connectivity index (χ1v) is 10.2. The van der Waals surface area contributed by atoms with Crippen molar-refractivity contribution >= 4 is 34.6 Å². The summed E-state index contributed by atoms with van der Waals surface area (Å²) >= 11 is 0. The normalized spacial score (nSPS) is 15.1. The van der Waals surface area contributed by atoms with E-state index in [1.807, 2.05) is 0 Å². The summed E-state index contributed by atoms with van der Waals surface area (Å²) in [5, 5.41) is 32.9. The number of hydrogen-bond donors (Lipinski definition) is 3. The maximum atomic E-state index is 13.1. The molecular weight excluding hydrogens is 458 g/mol. The van der Waals surface area contributed by atoms with Gasteiger partial charge in [0.25, 0.3) is 17.5 Å². The third-order valence-corrected chi connectivity index (χ3v) is 5.30. The van der Waals surface area contributed by atoms with Crippen molar-refractivity contribution in [3.05, 3.63) is 116 Å². The molecule has 0 radical (unpaired) electrons. The third-order valence-electron chi connectivity index (χ3n) is 5.30. The van der Waals surface area contributed by atoms with Crippen LogP contribution in [0.2, 0.25) is 0 Å². The Morgan fingerprint density at radius 2 is 1.54 bits per heavy atom. The summed E-state index contributed by atoms with van der Waals surface area (Å²) in [4.78, 5) is 48.1. The highest BCUT2D eigenvalue weighted by atomic mass is 16.6. The number of para-hydroxylation sites is 1. The number of rotatable bonds is 7. The summed E-state index contributed by atoms with van der Waals surface area (Å²) in [6.07, 6.45) is 0. The highest BCUT2D eigenvalue weighted by Crippen LogP contribution is 2.40. The van der Waals surface area contributed by atoms with Gasteiger partial charge in [-0.1, -0.05) is 48.5 Å². The summed E-state index contributed by atoms with van der Waals surface area (Å²) in [5.41, 5.74) is 3.94. The maximum Gasteiger partial charge on any atom is 0.300 e. The molecule has 35 heavy (non-hydrogen) atoms. The molecule has 0 unspecified atom stereocenters. The lowest BCUT2D eigenvalue weighted by molar-refractivity contribution is -0.393. The van der Waals surface area contributed by atoms with Crippen molar-refractivity contribution in [3.63, 3.8) is 0 Å². The predicted octanol–water partition coefficient (Wildman–Crippen LogP) is 3.55. The van der Waals surface area contributed by atoms with Gasteiger partial charge in [-0.3, -0.25) is 45.6 Å². The molecule has 0 saturated carbocycles. The van der Waals surface area contributed by atoms with Gasteiger partial charge in [-0.15, -0.1) is 0 Å². The van der Waals surface area contributed by atoms with Gasteiger partial charge in [0.05, 0.1) is 27.5 Å². The molecule has 0 aliphatic carbocycles. The van der Waals surface area contributed by atoms with Crippen molar-refractivity contribution in [2.75, 3.05) is 10.3 Å². The molecule has 1 aliphatic heterocycles. The van der Waals surface area contributed by atoms with Crippen LogP contribution in [0.1, 0.15) is 11.6 Å². The van der Waals surface area contributed by atoms with Crippen LogP contribution >= 0.6 is 0 Å². The molecule has 0 saturated heterocycles. The van der Waals surface area contributed by atoms with Crippen LogP contribution in [0.25, 0.3) is 0 Å². The number of non-ortho nitro benzene ring substituents is 1. The van der Waals surface area contributed by atoms with Crippen LogP contribution in [-0.2, 0) is 9.59 Å². The molecule has 0 fully saturated rings. The van der Waals surface area contributed by atoms with Gasteiger partial charge in [0.1, 0.15) is 5.69 Å². The van der Waals surface area contributed by atoms with Gasteiger partial charge in [-0.2, -0.15) is 0 Å². The second kappa shape index (κ2) is 9.31. The lowest BCUT2D eigenvalue weighted by atomic mass is 9.98. The number of benzene rings is 3. The summed E-state index contributed by atoms with van der Waals surface area (Å²) in [6.45, 7) is 0. The van der Waals surface area contributed by atoms with Crippen molar-refractivity contribution in [2.45, 2.75) is 6.04 Å². The van der Waals surface area contributed by atoms with Crippen LogP contribution < -0.4 is 15.8 Å². The highest BCUT2D eigenvalue weighted by molar-refractivity contribution is 6.16. The Morgan fingerprint density at radius 3 is 2.14 bits per heavy atom. The molecule has 0 spiro atoms. The molecule has 176 valence electrons. The zero-order chi connectivity index (χ0) is 25.1. The molecule has 2 amide bonds. The van der Waals surface area contributed by atoms with Crippen molar-refractivity contribution in [2.24, 2.45) is 0 Å². The number of aliphatic hydroxyl groups is 1. The van der Waals surface area contributed by atoms with Crippen molar-refractivity contribution in [1.29, 1.82) is 0 Å². The van der Waals surface area contributed by atoms with Gasteiger partial charge in [-0.25, -0.2) is 0 Å². The fourth-order valence-corrected chi connectivity index (χ4v) is 3.72. The van der Waals surface area contributed by atoms with Gasteiger partial charge in [0, 0.05) is 11.8 Å². The SMILES string of the molecule is O=C(NNc1ccc([N+](=O)[O-])cc1[N+](=O)[O-])C1=C(O)C(=O)N(c2ccccc2)[C@H]1c1ccccc1. The Hall–Kier alpha value is -5.26. The zero-order valence-electron chi connectivity index (χ0n) is 17.8. The molecule has 12 heteroatoms. The van der Waals surface area contributed by atoms with Crippen LogP contribution in [0.15, 0.2) is 90.2 Å². The lowest BCUT2D eigenvalue weighted by Crippen LogP contribution is -2.35. The number of amides is 2. The van der Waals surface area contributed by atoms with Crippen molar-refractivity contribution in [3.8, 4) is 0 Å². The minimum absolute atomic E-state index is 0.227. The number of aliphatic hydroxyl groups excluding tert-OH is 1. The van der Waals surface area contributed by atoms with E-state index in [1.54, 1.807) is 60.7 Å². The highest BCUT2D eigenvalue weighted by Gasteiger charge is 2.44. The number of carbonyl (C=O) groups is 2. The van der Waals surface area contributed by atoms with Crippen LogP contribution in [0, 0.1) is 20.2 Å². The fourth-order valence-electron chi connectivity index (χ4n) is 3.72. The summed E-state index contributed by atoms with van der Waals surface area (Å²) in [7, 11) is 0. The molecule has 1 atom stereocenters. The summed E-state index contributed by atoms with van der Waals surface area (Å²) in [5.74, 6) is -2.49. The smallest absolute Gasteiger partial charge is 0.300 e. The molecule has 3 aromatic rings. The number of nitro benzene ring substituents is 2. The number of hydrogen-bond acceptors (Lipinski definition) is 8. The molecule has 4 rings (SSSR count). The minimum atomic E-state index is -0.986. The molecule has 12 nitrogen and oxygen atoms in total. The van der Waals surface area contributed by atoms with Gasteiger partial charge >= 0.3 is 5.69 Å². The first-order valence-electron chi connectivity index (χ1n) is 10.2. The van der Waals surface area contributed by atoms with E-state index in [4.69, 9.17) is 0 Å². The first kappa shape index (κ1) is 22.9. The average Bonchev–Trinajstić information content (AvgIpc) is 3.13. The van der Waals surface area contributed by atoms with E-state index in [1.165, 1.54) is 4.90 Å². The second-order valence-corrected chi connectivity index (χ2v) is 7.38. The van der Waals surface area contributed by atoms with Crippen LogP contribution in [-0.4, -0.2) is 26.8 Å². The van der Waals surface area contributed by atoms with Crippen molar-refractivity contribution in [1.82, 2.24) is 5.43 Å². The van der Waals surface area contributed by atoms with E-state index in [9.17, 15) is 34.9 Å².